The Morgan fingerprint density at radius 2 is 1.71 bits per heavy atom. The number of halogens is 1. The topological polar surface area (TPSA) is 50.4 Å². The summed E-state index contributed by atoms with van der Waals surface area (Å²) in [6.07, 6.45) is 1.78. The van der Waals surface area contributed by atoms with Crippen molar-refractivity contribution in [1.29, 1.82) is 0 Å². The first-order valence-electron chi connectivity index (χ1n) is 8.12. The second kappa shape index (κ2) is 7.69. The molecule has 0 aliphatic carbocycles. The van der Waals surface area contributed by atoms with Crippen molar-refractivity contribution in [3.05, 3.63) is 65.2 Å². The zero-order valence-corrected chi connectivity index (χ0v) is 14.2. The van der Waals surface area contributed by atoms with Gasteiger partial charge < -0.3 is 15.4 Å². The Kier molecular flexibility index (Phi) is 5.38. The van der Waals surface area contributed by atoms with E-state index < -0.39 is 0 Å². The van der Waals surface area contributed by atoms with Crippen molar-refractivity contribution in [2.45, 2.75) is 18.3 Å². The van der Waals surface area contributed by atoms with E-state index in [1.54, 1.807) is 12.1 Å². The van der Waals surface area contributed by atoms with Crippen LogP contribution in [0.15, 0.2) is 54.6 Å². The molecule has 4 nitrogen and oxygen atoms in total. The first kappa shape index (κ1) is 16.8. The molecule has 1 aliphatic heterocycles. The summed E-state index contributed by atoms with van der Waals surface area (Å²) >= 11 is 6.08. The molecular weight excluding hydrogens is 324 g/mol. The molecular formula is C19H21ClN2O2. The van der Waals surface area contributed by atoms with Crippen LogP contribution in [-0.2, 0) is 10.2 Å². The molecule has 0 unspecified atom stereocenters. The number of anilines is 1. The van der Waals surface area contributed by atoms with E-state index in [1.807, 2.05) is 30.3 Å². The highest BCUT2D eigenvalue weighted by Crippen LogP contribution is 2.34. The number of rotatable bonds is 4. The molecule has 1 heterocycles. The molecule has 1 aliphatic rings. The fraction of sp³-hybridized carbons (Fsp3) is 0.316. The van der Waals surface area contributed by atoms with Crippen molar-refractivity contribution < 1.29 is 9.53 Å². The third-order valence-electron chi connectivity index (χ3n) is 4.55. The number of nitrogens with one attached hydrogen (secondary N) is 2. The van der Waals surface area contributed by atoms with Crippen LogP contribution in [0.3, 0.4) is 0 Å². The van der Waals surface area contributed by atoms with Crippen molar-refractivity contribution in [1.82, 2.24) is 5.32 Å². The molecule has 1 saturated heterocycles. The second-order valence-corrected chi connectivity index (χ2v) is 6.45. The van der Waals surface area contributed by atoms with Crippen molar-refractivity contribution >= 4 is 23.3 Å². The van der Waals surface area contributed by atoms with E-state index in [4.69, 9.17) is 16.3 Å². The Balaban J connectivity index is 1.68. The SMILES string of the molecule is O=C(NCC1(c2ccccc2)CCOCC1)Nc1ccccc1Cl. The van der Waals surface area contributed by atoms with E-state index >= 15 is 0 Å². The lowest BCUT2D eigenvalue weighted by Crippen LogP contribution is -2.45. The van der Waals surface area contributed by atoms with Gasteiger partial charge in [0, 0.05) is 25.2 Å². The standard InChI is InChI=1S/C19H21ClN2O2/c20-16-8-4-5-9-17(16)22-18(23)21-14-19(10-12-24-13-11-19)15-6-2-1-3-7-15/h1-9H,10-14H2,(H2,21,22,23). The van der Waals surface area contributed by atoms with Crippen molar-refractivity contribution in [3.8, 4) is 0 Å². The fourth-order valence-electron chi connectivity index (χ4n) is 3.10. The summed E-state index contributed by atoms with van der Waals surface area (Å²) in [4.78, 5) is 12.3. The van der Waals surface area contributed by atoms with E-state index in [0.717, 1.165) is 12.8 Å². The maximum atomic E-state index is 12.3. The molecule has 24 heavy (non-hydrogen) atoms. The summed E-state index contributed by atoms with van der Waals surface area (Å²) in [6, 6.07) is 17.3. The van der Waals surface area contributed by atoms with Gasteiger partial charge in [0.05, 0.1) is 10.7 Å². The zero-order valence-electron chi connectivity index (χ0n) is 13.4. The minimum Gasteiger partial charge on any atom is -0.381 e. The summed E-state index contributed by atoms with van der Waals surface area (Å²) in [5, 5.41) is 6.33. The molecule has 0 radical (unpaired) electrons. The monoisotopic (exact) mass is 344 g/mol. The van der Waals surface area contributed by atoms with Crippen molar-refractivity contribution in [3.63, 3.8) is 0 Å². The highest BCUT2D eigenvalue weighted by molar-refractivity contribution is 6.33. The zero-order chi connectivity index (χ0) is 16.8. The van der Waals surface area contributed by atoms with Gasteiger partial charge >= 0.3 is 6.03 Å². The quantitative estimate of drug-likeness (QED) is 0.872. The Bertz CT molecular complexity index is 685. The van der Waals surface area contributed by atoms with Crippen LogP contribution >= 0.6 is 11.6 Å². The number of para-hydroxylation sites is 1. The Morgan fingerprint density at radius 1 is 1.04 bits per heavy atom. The highest BCUT2D eigenvalue weighted by Gasteiger charge is 2.34. The molecule has 0 aromatic heterocycles. The van der Waals surface area contributed by atoms with Crippen LogP contribution in [0.1, 0.15) is 18.4 Å². The third-order valence-corrected chi connectivity index (χ3v) is 4.88. The lowest BCUT2D eigenvalue weighted by atomic mass is 9.74. The van der Waals surface area contributed by atoms with Gasteiger partial charge in [-0.15, -0.1) is 0 Å². The lowest BCUT2D eigenvalue weighted by molar-refractivity contribution is 0.0508. The van der Waals surface area contributed by atoms with Crippen molar-refractivity contribution in [2.75, 3.05) is 25.1 Å². The van der Waals surface area contributed by atoms with Gasteiger partial charge in [0.1, 0.15) is 0 Å². The molecule has 2 amide bonds. The summed E-state index contributed by atoms with van der Waals surface area (Å²) < 4.78 is 5.52. The van der Waals surface area contributed by atoms with Crippen LogP contribution in [0.5, 0.6) is 0 Å². The first-order valence-corrected chi connectivity index (χ1v) is 8.50. The molecule has 2 N–H and O–H groups in total. The highest BCUT2D eigenvalue weighted by atomic mass is 35.5. The molecule has 0 atom stereocenters. The number of carbonyl (C=O) groups excluding carboxylic acids is 1. The van der Waals surface area contributed by atoms with E-state index in [0.29, 0.717) is 30.5 Å². The molecule has 0 bridgehead atoms. The molecule has 3 rings (SSSR count). The molecule has 5 heteroatoms. The molecule has 126 valence electrons. The molecule has 0 spiro atoms. The lowest BCUT2D eigenvalue weighted by Gasteiger charge is -2.38. The fourth-order valence-corrected chi connectivity index (χ4v) is 3.28. The second-order valence-electron chi connectivity index (χ2n) is 6.05. The Hall–Kier alpha value is -2.04. The summed E-state index contributed by atoms with van der Waals surface area (Å²) in [5.74, 6) is 0. The number of ether oxygens (including phenoxy) is 1. The van der Waals surface area contributed by atoms with Gasteiger partial charge in [0.15, 0.2) is 0 Å². The van der Waals surface area contributed by atoms with E-state index in [9.17, 15) is 4.79 Å². The van der Waals surface area contributed by atoms with Crippen LogP contribution in [0, 0.1) is 0 Å². The third kappa shape index (κ3) is 3.89. The number of carbonyl (C=O) groups is 1. The molecule has 2 aromatic rings. The van der Waals surface area contributed by atoms with Crippen LogP contribution in [0.4, 0.5) is 10.5 Å². The maximum absolute atomic E-state index is 12.3. The minimum absolute atomic E-state index is 0.0860. The van der Waals surface area contributed by atoms with Gasteiger partial charge in [-0.2, -0.15) is 0 Å². The van der Waals surface area contributed by atoms with Crippen molar-refractivity contribution in [2.24, 2.45) is 0 Å². The summed E-state index contributed by atoms with van der Waals surface area (Å²) in [6.45, 7) is 1.99. The smallest absolute Gasteiger partial charge is 0.319 e. The van der Waals surface area contributed by atoms with E-state index in [-0.39, 0.29) is 11.4 Å². The van der Waals surface area contributed by atoms with Crippen LogP contribution in [0.2, 0.25) is 5.02 Å². The van der Waals surface area contributed by atoms with Crippen LogP contribution < -0.4 is 10.6 Å². The summed E-state index contributed by atoms with van der Waals surface area (Å²) in [5.41, 5.74) is 1.76. The molecule has 1 fully saturated rings. The van der Waals surface area contributed by atoms with Gasteiger partial charge in [-0.25, -0.2) is 4.79 Å². The van der Waals surface area contributed by atoms with Crippen LogP contribution in [0.25, 0.3) is 0 Å². The summed E-state index contributed by atoms with van der Waals surface area (Å²) in [7, 11) is 0. The van der Waals surface area contributed by atoms with Gasteiger partial charge in [0.25, 0.3) is 0 Å². The number of amides is 2. The first-order chi connectivity index (χ1) is 11.7. The predicted molar refractivity (Wildman–Crippen MR) is 96.6 cm³/mol. The Labute approximate surface area is 147 Å². The minimum atomic E-state index is -0.245. The van der Waals surface area contributed by atoms with E-state index in [1.165, 1.54) is 5.56 Å². The van der Waals surface area contributed by atoms with Gasteiger partial charge in [-0.05, 0) is 30.5 Å². The average Bonchev–Trinajstić information content (AvgIpc) is 2.63. The van der Waals surface area contributed by atoms with Crippen LogP contribution in [-0.4, -0.2) is 25.8 Å². The normalized spacial score (nSPS) is 16.4. The number of hydrogen-bond acceptors (Lipinski definition) is 2. The largest absolute Gasteiger partial charge is 0.381 e. The van der Waals surface area contributed by atoms with E-state index in [2.05, 4.69) is 22.8 Å². The number of benzene rings is 2. The molecule has 0 saturated carbocycles. The maximum Gasteiger partial charge on any atom is 0.319 e. The average molecular weight is 345 g/mol. The molecule has 2 aromatic carbocycles. The van der Waals surface area contributed by atoms with Gasteiger partial charge in [0.2, 0.25) is 0 Å². The predicted octanol–water partition coefficient (Wildman–Crippen LogP) is 4.21. The van der Waals surface area contributed by atoms with Gasteiger partial charge in [-0.3, -0.25) is 0 Å². The number of hydrogen-bond donors (Lipinski definition) is 2. The number of urea groups is 1. The van der Waals surface area contributed by atoms with Gasteiger partial charge in [-0.1, -0.05) is 54.1 Å². The Morgan fingerprint density at radius 3 is 2.42 bits per heavy atom.